The second-order valence-electron chi connectivity index (χ2n) is 7.17. The molecule has 2 N–H and O–H groups in total. The van der Waals surface area contributed by atoms with Crippen LogP contribution in [0.3, 0.4) is 0 Å². The molecule has 0 heterocycles. The van der Waals surface area contributed by atoms with Gasteiger partial charge >= 0.3 is 0 Å². The number of hydrogen-bond acceptors (Lipinski definition) is 2. The molecule has 0 aliphatic heterocycles. The van der Waals surface area contributed by atoms with Crippen molar-refractivity contribution in [1.29, 1.82) is 0 Å². The Labute approximate surface area is 127 Å². The first-order valence-corrected chi connectivity index (χ1v) is 10.6. The Kier molecular flexibility index (Phi) is 6.96. The molecule has 0 unspecified atom stereocenters. The zero-order valence-electron chi connectivity index (χ0n) is 14.4. The van der Waals surface area contributed by atoms with Crippen molar-refractivity contribution in [3.63, 3.8) is 0 Å². The molecule has 0 saturated carbocycles. The molecule has 0 amide bonds. The summed E-state index contributed by atoms with van der Waals surface area (Å²) in [5, 5.41) is 0. The number of rotatable bonds is 7. The number of nitrogens with two attached hydrogens (primary N) is 1. The van der Waals surface area contributed by atoms with Gasteiger partial charge < -0.3 is 10.2 Å². The number of allylic oxidation sites excluding steroid dienone is 1. The van der Waals surface area contributed by atoms with Gasteiger partial charge in [-0.2, -0.15) is 0 Å². The lowest BCUT2D eigenvalue weighted by atomic mass is 9.94. The first-order chi connectivity index (χ1) is 9.36. The van der Waals surface area contributed by atoms with Gasteiger partial charge in [-0.25, -0.2) is 0 Å². The molecule has 118 valence electrons. The van der Waals surface area contributed by atoms with Gasteiger partial charge in [0.1, 0.15) is 0 Å². The fourth-order valence-electron chi connectivity index (χ4n) is 4.13. The maximum absolute atomic E-state index is 6.94. The molecule has 3 heteroatoms. The van der Waals surface area contributed by atoms with Gasteiger partial charge in [0.25, 0.3) is 0 Å². The third kappa shape index (κ3) is 3.74. The number of hydrogen-bond donors (Lipinski definition) is 1. The average molecular weight is 298 g/mol. The third-order valence-corrected chi connectivity index (χ3v) is 11.1. The highest BCUT2D eigenvalue weighted by Gasteiger charge is 2.47. The summed E-state index contributed by atoms with van der Waals surface area (Å²) in [6, 6.07) is 0. The van der Waals surface area contributed by atoms with E-state index in [-0.39, 0.29) is 0 Å². The first-order valence-electron chi connectivity index (χ1n) is 8.43. The van der Waals surface area contributed by atoms with Crippen molar-refractivity contribution in [3.8, 4) is 0 Å². The molecule has 0 radical (unpaired) electrons. The summed E-state index contributed by atoms with van der Waals surface area (Å²) in [5.74, 6) is 0. The fourth-order valence-corrected chi connectivity index (χ4v) is 9.71. The van der Waals surface area contributed by atoms with Crippen molar-refractivity contribution in [2.75, 3.05) is 6.54 Å². The molecule has 1 rings (SSSR count). The Balaban J connectivity index is 2.99. The van der Waals surface area contributed by atoms with Crippen LogP contribution in [0.5, 0.6) is 0 Å². The van der Waals surface area contributed by atoms with Crippen LogP contribution in [0.25, 0.3) is 0 Å². The van der Waals surface area contributed by atoms with E-state index in [1.54, 1.807) is 0 Å². The van der Waals surface area contributed by atoms with Crippen LogP contribution in [0.2, 0.25) is 16.6 Å². The summed E-state index contributed by atoms with van der Waals surface area (Å²) in [7, 11) is -1.77. The van der Waals surface area contributed by atoms with E-state index in [0.29, 0.717) is 22.7 Å². The molecular weight excluding hydrogens is 262 g/mol. The van der Waals surface area contributed by atoms with Crippen molar-refractivity contribution in [2.24, 2.45) is 5.73 Å². The molecule has 2 nitrogen and oxygen atoms in total. The Bertz CT molecular complexity index is 301. The molecule has 1 aliphatic carbocycles. The first kappa shape index (κ1) is 17.9. The van der Waals surface area contributed by atoms with Crippen LogP contribution in [-0.2, 0) is 4.43 Å². The van der Waals surface area contributed by atoms with Gasteiger partial charge in [-0.05, 0) is 54.4 Å². The van der Waals surface area contributed by atoms with Crippen LogP contribution in [0.1, 0.15) is 67.2 Å². The van der Waals surface area contributed by atoms with Gasteiger partial charge in [0.2, 0.25) is 8.32 Å². The largest absolute Gasteiger partial charge is 0.409 e. The molecule has 0 fully saturated rings. The maximum atomic E-state index is 6.94. The quantitative estimate of drug-likeness (QED) is 0.530. The Hall–Kier alpha value is -0.123. The molecule has 20 heavy (non-hydrogen) atoms. The summed E-state index contributed by atoms with van der Waals surface area (Å²) < 4.78 is 6.94. The van der Waals surface area contributed by atoms with E-state index in [2.05, 4.69) is 47.6 Å². The van der Waals surface area contributed by atoms with Crippen LogP contribution in [-0.4, -0.2) is 21.0 Å². The van der Waals surface area contributed by atoms with Gasteiger partial charge in [-0.15, -0.1) is 0 Å². The summed E-state index contributed by atoms with van der Waals surface area (Å²) >= 11 is 0. The average Bonchev–Trinajstić information content (AvgIpc) is 2.36. The predicted molar refractivity (Wildman–Crippen MR) is 91.5 cm³/mol. The molecule has 0 saturated heterocycles. The van der Waals surface area contributed by atoms with E-state index < -0.39 is 8.32 Å². The highest BCUT2D eigenvalue weighted by molar-refractivity contribution is 6.77. The van der Waals surface area contributed by atoms with Gasteiger partial charge in [0.15, 0.2) is 0 Å². The van der Waals surface area contributed by atoms with E-state index >= 15 is 0 Å². The molecule has 0 aromatic carbocycles. The molecular formula is C17H35NOSi. The summed E-state index contributed by atoms with van der Waals surface area (Å²) in [5.41, 5.74) is 9.22. The Morgan fingerprint density at radius 1 is 1.15 bits per heavy atom. The molecule has 0 bridgehead atoms. The highest BCUT2D eigenvalue weighted by Crippen LogP contribution is 2.44. The SMILES string of the molecule is CC(C)[Si](O[C@@H]1CCCC=C1CCN)(C(C)C)C(C)C. The third-order valence-electron chi connectivity index (χ3n) is 4.98. The molecule has 1 atom stereocenters. The van der Waals surface area contributed by atoms with Crippen molar-refractivity contribution >= 4 is 8.32 Å². The van der Waals surface area contributed by atoms with Crippen molar-refractivity contribution < 1.29 is 4.43 Å². The monoisotopic (exact) mass is 297 g/mol. The minimum absolute atomic E-state index is 0.339. The van der Waals surface area contributed by atoms with Crippen LogP contribution in [0.4, 0.5) is 0 Å². The topological polar surface area (TPSA) is 35.2 Å². The van der Waals surface area contributed by atoms with E-state index in [1.807, 2.05) is 0 Å². The van der Waals surface area contributed by atoms with Crippen LogP contribution in [0, 0.1) is 0 Å². The normalized spacial score (nSPS) is 20.9. The second-order valence-corrected chi connectivity index (χ2v) is 12.6. The zero-order valence-corrected chi connectivity index (χ0v) is 15.4. The fraction of sp³-hybridized carbons (Fsp3) is 0.882. The van der Waals surface area contributed by atoms with E-state index in [1.165, 1.54) is 24.8 Å². The summed E-state index contributed by atoms with van der Waals surface area (Å²) in [6.45, 7) is 14.9. The predicted octanol–water partition coefficient (Wildman–Crippen LogP) is 5.01. The molecule has 1 aliphatic rings. The van der Waals surface area contributed by atoms with Gasteiger partial charge in [0.05, 0.1) is 6.10 Å². The van der Waals surface area contributed by atoms with E-state index in [4.69, 9.17) is 10.2 Å². The van der Waals surface area contributed by atoms with Crippen LogP contribution < -0.4 is 5.73 Å². The molecule has 0 spiro atoms. The standard InChI is InChI=1S/C17H35NOSi/c1-13(2)20(14(3)4,15(5)6)19-17-10-8-7-9-16(17)11-12-18/h9,13-15,17H,7-8,10-12,18H2,1-6H3/t17-/m1/s1. The van der Waals surface area contributed by atoms with Crippen LogP contribution >= 0.6 is 0 Å². The Morgan fingerprint density at radius 2 is 1.70 bits per heavy atom. The summed E-state index contributed by atoms with van der Waals surface area (Å²) in [4.78, 5) is 0. The lowest BCUT2D eigenvalue weighted by molar-refractivity contribution is 0.184. The van der Waals surface area contributed by atoms with Gasteiger partial charge in [0, 0.05) is 0 Å². The van der Waals surface area contributed by atoms with Gasteiger partial charge in [-0.1, -0.05) is 47.6 Å². The second kappa shape index (κ2) is 7.76. The maximum Gasteiger partial charge on any atom is 0.201 e. The highest BCUT2D eigenvalue weighted by atomic mass is 28.4. The minimum Gasteiger partial charge on any atom is -0.409 e. The molecule has 0 aromatic heterocycles. The lowest BCUT2D eigenvalue weighted by Gasteiger charge is -2.45. The molecule has 0 aromatic rings. The lowest BCUT2D eigenvalue weighted by Crippen LogP contribution is -2.50. The van der Waals surface area contributed by atoms with Crippen molar-refractivity contribution in [2.45, 2.75) is 90.0 Å². The van der Waals surface area contributed by atoms with E-state index in [0.717, 1.165) is 13.0 Å². The van der Waals surface area contributed by atoms with E-state index in [9.17, 15) is 0 Å². The van der Waals surface area contributed by atoms with Gasteiger partial charge in [-0.3, -0.25) is 0 Å². The van der Waals surface area contributed by atoms with Crippen molar-refractivity contribution in [1.82, 2.24) is 0 Å². The van der Waals surface area contributed by atoms with Crippen LogP contribution in [0.15, 0.2) is 11.6 Å². The smallest absolute Gasteiger partial charge is 0.201 e. The minimum atomic E-state index is -1.77. The van der Waals surface area contributed by atoms with Crippen molar-refractivity contribution in [3.05, 3.63) is 11.6 Å². The summed E-state index contributed by atoms with van der Waals surface area (Å²) in [6.07, 6.45) is 7.38. The zero-order chi connectivity index (χ0) is 15.3. The Morgan fingerprint density at radius 3 is 2.15 bits per heavy atom.